The van der Waals surface area contributed by atoms with Gasteiger partial charge in [0.05, 0.1) is 32.0 Å². The summed E-state index contributed by atoms with van der Waals surface area (Å²) in [5, 5.41) is 0. The van der Waals surface area contributed by atoms with Gasteiger partial charge in [-0.25, -0.2) is 28.9 Å². The summed E-state index contributed by atoms with van der Waals surface area (Å²) < 4.78 is 59.8. The van der Waals surface area contributed by atoms with Crippen LogP contribution in [-0.2, 0) is 27.8 Å². The van der Waals surface area contributed by atoms with Crippen molar-refractivity contribution in [2.45, 2.75) is 50.0 Å². The molecule has 2 bridgehead atoms. The second kappa shape index (κ2) is 9.76. The SMILES string of the molecule is Nc1nc2c(ncn2C2OC3OCC[C@@H]4C[C@H](n5cnc6c(N)ncnc65)OC4COP(=O)(O)OC2C3F)c(=O)[nH]1. The van der Waals surface area contributed by atoms with Crippen LogP contribution in [-0.4, -0.2) is 81.8 Å². The lowest BCUT2D eigenvalue weighted by molar-refractivity contribution is -0.168. The number of imidazole rings is 2. The van der Waals surface area contributed by atoms with Gasteiger partial charge in [0.2, 0.25) is 5.95 Å². The molecule has 4 aromatic heterocycles. The normalized spacial score (nSPS) is 34.4. The van der Waals surface area contributed by atoms with E-state index in [-0.39, 0.29) is 42.1 Å². The molecular formula is C21H24FN10O8P. The minimum absolute atomic E-state index is 0.0382. The largest absolute Gasteiger partial charge is 0.472 e. The molecule has 18 nitrogen and oxygen atoms in total. The number of fused-ring (bicyclic) bond motifs is 5. The molecule has 3 aliphatic heterocycles. The fraction of sp³-hybridized carbons (Fsp3) is 0.524. The number of nitrogens with one attached hydrogen (secondary N) is 1. The molecule has 218 valence electrons. The van der Waals surface area contributed by atoms with Crippen LogP contribution in [0.25, 0.3) is 22.3 Å². The Morgan fingerprint density at radius 1 is 1.10 bits per heavy atom. The van der Waals surface area contributed by atoms with Gasteiger partial charge in [0.15, 0.2) is 47.4 Å². The van der Waals surface area contributed by atoms with Gasteiger partial charge in [0.1, 0.15) is 18.1 Å². The number of phosphoric ester groups is 1. The maximum atomic E-state index is 15.6. The molecule has 0 radical (unpaired) electrons. The van der Waals surface area contributed by atoms with Crippen molar-refractivity contribution >= 4 is 41.9 Å². The number of aromatic nitrogens is 8. The minimum atomic E-state index is -4.87. The van der Waals surface area contributed by atoms with Crippen LogP contribution in [0.5, 0.6) is 0 Å². The lowest BCUT2D eigenvalue weighted by Gasteiger charge is -2.25. The van der Waals surface area contributed by atoms with E-state index in [1.807, 2.05) is 0 Å². The lowest BCUT2D eigenvalue weighted by Crippen LogP contribution is -2.33. The van der Waals surface area contributed by atoms with Crippen molar-refractivity contribution in [2.24, 2.45) is 5.92 Å². The lowest BCUT2D eigenvalue weighted by atomic mass is 9.98. The van der Waals surface area contributed by atoms with E-state index in [1.165, 1.54) is 23.5 Å². The number of hydrogen-bond donors (Lipinski definition) is 4. The number of nitrogens with two attached hydrogens (primary N) is 2. The number of alkyl halides is 1. The molecule has 7 rings (SSSR count). The average molecular weight is 594 g/mol. The highest BCUT2D eigenvalue weighted by Gasteiger charge is 2.52. The molecule has 4 aromatic rings. The van der Waals surface area contributed by atoms with Crippen LogP contribution in [0.2, 0.25) is 0 Å². The second-order valence-corrected chi connectivity index (χ2v) is 11.2. The number of ether oxygens (including phenoxy) is 3. The first-order valence-electron chi connectivity index (χ1n) is 12.6. The zero-order chi connectivity index (χ0) is 28.5. The Balaban J connectivity index is 1.15. The first-order valence-corrected chi connectivity index (χ1v) is 14.1. The molecule has 41 heavy (non-hydrogen) atoms. The monoisotopic (exact) mass is 594 g/mol. The van der Waals surface area contributed by atoms with Crippen molar-refractivity contribution in [2.75, 3.05) is 24.7 Å². The number of halogens is 1. The Morgan fingerprint density at radius 3 is 2.76 bits per heavy atom. The maximum absolute atomic E-state index is 15.6. The van der Waals surface area contributed by atoms with Gasteiger partial charge in [0.25, 0.3) is 5.56 Å². The van der Waals surface area contributed by atoms with Crippen molar-refractivity contribution < 1.29 is 37.1 Å². The third kappa shape index (κ3) is 4.55. The van der Waals surface area contributed by atoms with E-state index >= 15 is 4.39 Å². The fourth-order valence-corrected chi connectivity index (χ4v) is 6.33. The summed E-state index contributed by atoms with van der Waals surface area (Å²) in [5.41, 5.74) is 11.7. The molecule has 0 amide bonds. The zero-order valence-electron chi connectivity index (χ0n) is 21.0. The van der Waals surface area contributed by atoms with E-state index in [1.54, 1.807) is 4.57 Å². The first-order chi connectivity index (χ1) is 19.7. The van der Waals surface area contributed by atoms with E-state index in [9.17, 15) is 14.3 Å². The van der Waals surface area contributed by atoms with Gasteiger partial charge in [-0.15, -0.1) is 0 Å². The van der Waals surface area contributed by atoms with Gasteiger partial charge >= 0.3 is 7.82 Å². The zero-order valence-corrected chi connectivity index (χ0v) is 21.9. The highest BCUT2D eigenvalue weighted by atomic mass is 31.2. The second-order valence-electron chi connectivity index (χ2n) is 9.82. The number of hydrogen-bond acceptors (Lipinski definition) is 14. The molecule has 6 unspecified atom stereocenters. The minimum Gasteiger partial charge on any atom is -0.382 e. The number of aromatic amines is 1. The molecule has 0 spiro atoms. The van der Waals surface area contributed by atoms with Gasteiger partial charge in [-0.05, 0) is 18.8 Å². The van der Waals surface area contributed by atoms with Crippen molar-refractivity contribution in [3.05, 3.63) is 29.3 Å². The molecule has 0 aromatic carbocycles. The predicted octanol–water partition coefficient (Wildman–Crippen LogP) is 0.143. The highest BCUT2D eigenvalue weighted by Crippen LogP contribution is 2.51. The van der Waals surface area contributed by atoms with Crippen LogP contribution in [0.4, 0.5) is 16.2 Å². The molecular weight excluding hydrogens is 570 g/mol. The summed E-state index contributed by atoms with van der Waals surface area (Å²) in [4.78, 5) is 45.6. The number of phosphoric acid groups is 1. The number of anilines is 2. The van der Waals surface area contributed by atoms with Crippen molar-refractivity contribution in [3.63, 3.8) is 0 Å². The molecule has 0 saturated carbocycles. The summed E-state index contributed by atoms with van der Waals surface area (Å²) in [6.45, 7) is -0.271. The van der Waals surface area contributed by atoms with Crippen molar-refractivity contribution in [1.82, 2.24) is 39.0 Å². The summed E-state index contributed by atoms with van der Waals surface area (Å²) in [7, 11) is -4.87. The molecule has 3 saturated heterocycles. The Morgan fingerprint density at radius 2 is 1.90 bits per heavy atom. The number of nitrogens with zero attached hydrogens (tertiary/aromatic N) is 7. The van der Waals surface area contributed by atoms with Crippen LogP contribution in [0.15, 0.2) is 23.8 Å². The highest BCUT2D eigenvalue weighted by molar-refractivity contribution is 7.47. The Hall–Kier alpha value is -3.58. The summed E-state index contributed by atoms with van der Waals surface area (Å²) in [6.07, 6.45) is -2.90. The maximum Gasteiger partial charge on any atom is 0.472 e. The van der Waals surface area contributed by atoms with Crippen LogP contribution < -0.4 is 17.0 Å². The standard InChI is InChI=1S/C21H24FN10O8P/c22-11-14-19(32-7-28-13-17(32)29-21(24)30-18(13)33)39-20(11)36-2-1-8-3-10(38-9(8)4-37-41(34,35)40-14)31-6-27-12-15(23)25-5-26-16(12)31/h5-11,14,19-20H,1-4H2,(H,34,35)(H2,23,25,26)(H3,24,29,30,33)/t8-,9?,10-,11?,14?,19?,20?/m1/s1. The van der Waals surface area contributed by atoms with E-state index < -0.39 is 50.5 Å². The molecule has 0 aliphatic carbocycles. The quantitative estimate of drug-likeness (QED) is 0.226. The third-order valence-corrected chi connectivity index (χ3v) is 8.33. The summed E-state index contributed by atoms with van der Waals surface area (Å²) in [6, 6.07) is 0. The van der Waals surface area contributed by atoms with Crippen molar-refractivity contribution in [1.29, 1.82) is 0 Å². The van der Waals surface area contributed by atoms with Gasteiger partial charge in [-0.2, -0.15) is 4.98 Å². The Labute approximate surface area is 228 Å². The van der Waals surface area contributed by atoms with Crippen LogP contribution in [0, 0.1) is 5.92 Å². The number of nitrogen functional groups attached to an aromatic ring is 2. The molecule has 3 aliphatic rings. The van der Waals surface area contributed by atoms with Crippen molar-refractivity contribution in [3.8, 4) is 0 Å². The van der Waals surface area contributed by atoms with E-state index in [4.69, 9.17) is 34.7 Å². The van der Waals surface area contributed by atoms with Gasteiger partial charge < -0.3 is 30.6 Å². The fourth-order valence-electron chi connectivity index (χ4n) is 5.40. The Kier molecular flexibility index (Phi) is 6.27. The van der Waals surface area contributed by atoms with Gasteiger partial charge in [-0.3, -0.25) is 28.0 Å². The van der Waals surface area contributed by atoms with E-state index in [0.717, 1.165) is 0 Å². The Bertz CT molecular complexity index is 1730. The summed E-state index contributed by atoms with van der Waals surface area (Å²) >= 11 is 0. The summed E-state index contributed by atoms with van der Waals surface area (Å²) in [5.74, 6) is -0.216. The molecule has 8 atom stereocenters. The predicted molar refractivity (Wildman–Crippen MR) is 134 cm³/mol. The number of rotatable bonds is 2. The topological polar surface area (TPSA) is 243 Å². The van der Waals surface area contributed by atoms with Crippen LogP contribution in [0.1, 0.15) is 25.3 Å². The molecule has 6 N–H and O–H groups in total. The first kappa shape index (κ1) is 26.3. The van der Waals surface area contributed by atoms with E-state index in [2.05, 4.69) is 29.9 Å². The molecule has 20 heteroatoms. The number of H-pyrrole nitrogens is 1. The third-order valence-electron chi connectivity index (χ3n) is 7.34. The molecule has 3 fully saturated rings. The van der Waals surface area contributed by atoms with E-state index in [0.29, 0.717) is 24.0 Å². The molecule has 7 heterocycles. The van der Waals surface area contributed by atoms with Crippen LogP contribution in [0.3, 0.4) is 0 Å². The smallest absolute Gasteiger partial charge is 0.382 e. The van der Waals surface area contributed by atoms with Gasteiger partial charge in [-0.1, -0.05) is 0 Å². The van der Waals surface area contributed by atoms with Crippen LogP contribution >= 0.6 is 7.82 Å². The van der Waals surface area contributed by atoms with Gasteiger partial charge in [0, 0.05) is 0 Å². The average Bonchev–Trinajstić information content (AvgIpc) is 3.69.